The van der Waals surface area contributed by atoms with E-state index in [2.05, 4.69) is 30.6 Å². The van der Waals surface area contributed by atoms with Gasteiger partial charge in [-0.2, -0.15) is 14.6 Å². The van der Waals surface area contributed by atoms with Crippen LogP contribution in [-0.2, 0) is 4.74 Å². The molecule has 0 atom stereocenters. The Balaban J connectivity index is 0.000000617. The van der Waals surface area contributed by atoms with Crippen LogP contribution in [0.1, 0.15) is 56.1 Å². The fourth-order valence-corrected chi connectivity index (χ4v) is 4.06. The van der Waals surface area contributed by atoms with E-state index in [1.807, 2.05) is 13.8 Å². The number of nitrogens with two attached hydrogens (primary N) is 1. The number of anilines is 1. The number of carbonyl (C=O) groups excluding carboxylic acids is 1. The first-order valence-corrected chi connectivity index (χ1v) is 12.4. The molecule has 1 fully saturated rings. The van der Waals surface area contributed by atoms with Crippen LogP contribution >= 0.6 is 0 Å². The molecule has 0 bridgehead atoms. The molecule has 0 unspecified atom stereocenters. The van der Waals surface area contributed by atoms with Crippen LogP contribution in [0.4, 0.5) is 14.5 Å². The summed E-state index contributed by atoms with van der Waals surface area (Å²) in [6, 6.07) is 2.04. The van der Waals surface area contributed by atoms with Gasteiger partial charge in [0.25, 0.3) is 5.91 Å². The average Bonchev–Trinajstić information content (AvgIpc) is 3.68. The Morgan fingerprint density at radius 1 is 1.18 bits per heavy atom. The average molecular weight is 529 g/mol. The van der Waals surface area contributed by atoms with Crippen molar-refractivity contribution in [3.63, 3.8) is 0 Å². The lowest BCUT2D eigenvalue weighted by Crippen LogP contribution is -2.28. The summed E-state index contributed by atoms with van der Waals surface area (Å²) in [6.45, 7) is 5.67. The van der Waals surface area contributed by atoms with Crippen molar-refractivity contribution < 1.29 is 22.7 Å². The number of hydrogen-bond acceptors (Lipinski definition) is 8. The molecule has 38 heavy (non-hydrogen) atoms. The van der Waals surface area contributed by atoms with E-state index in [9.17, 15) is 13.6 Å². The molecule has 11 nitrogen and oxygen atoms in total. The maximum absolute atomic E-state index is 14.5. The molecule has 13 heteroatoms. The zero-order valence-electron chi connectivity index (χ0n) is 21.2. The highest BCUT2D eigenvalue weighted by atomic mass is 19.1. The number of oxazole rings is 1. The van der Waals surface area contributed by atoms with E-state index < -0.39 is 17.7 Å². The third kappa shape index (κ3) is 6.47. The molecule has 4 heterocycles. The Bertz CT molecular complexity index is 1330. The van der Waals surface area contributed by atoms with E-state index >= 15 is 0 Å². The lowest BCUT2D eigenvalue weighted by molar-refractivity contribution is 0.102. The largest absolute Gasteiger partial charge is 0.444 e. The van der Waals surface area contributed by atoms with Crippen LogP contribution in [0, 0.1) is 11.8 Å². The summed E-state index contributed by atoms with van der Waals surface area (Å²) >= 11 is 0. The van der Waals surface area contributed by atoms with Crippen molar-refractivity contribution in [3.05, 3.63) is 54.4 Å². The van der Waals surface area contributed by atoms with Crippen molar-refractivity contribution in [2.24, 2.45) is 5.73 Å². The van der Waals surface area contributed by atoms with Crippen molar-refractivity contribution in [1.29, 1.82) is 0 Å². The molecule has 0 radical (unpaired) electrons. The monoisotopic (exact) mass is 528 g/mol. The Morgan fingerprint density at radius 2 is 1.95 bits per heavy atom. The van der Waals surface area contributed by atoms with E-state index in [-0.39, 0.29) is 40.7 Å². The Morgan fingerprint density at radius 3 is 2.61 bits per heavy atom. The van der Waals surface area contributed by atoms with E-state index in [1.165, 1.54) is 12.5 Å². The van der Waals surface area contributed by atoms with Gasteiger partial charge < -0.3 is 20.2 Å². The van der Waals surface area contributed by atoms with Crippen molar-refractivity contribution in [2.75, 3.05) is 18.5 Å². The number of nitrogens with one attached hydrogen (secondary N) is 2. The van der Waals surface area contributed by atoms with Gasteiger partial charge in [-0.15, -0.1) is 0 Å². The second-order valence-corrected chi connectivity index (χ2v) is 8.66. The predicted octanol–water partition coefficient (Wildman–Crippen LogP) is 4.34. The molecule has 1 saturated carbocycles. The predicted molar refractivity (Wildman–Crippen MR) is 135 cm³/mol. The second-order valence-electron chi connectivity index (χ2n) is 8.66. The number of halogens is 2. The van der Waals surface area contributed by atoms with Crippen LogP contribution in [-0.4, -0.2) is 55.1 Å². The van der Waals surface area contributed by atoms with Gasteiger partial charge in [-0.1, -0.05) is 0 Å². The minimum Gasteiger partial charge on any atom is -0.444 e. The first-order valence-electron chi connectivity index (χ1n) is 12.4. The molecule has 0 aliphatic heterocycles. The number of aromatic amines is 1. The lowest BCUT2D eigenvalue weighted by Gasteiger charge is -2.26. The molecule has 0 aromatic carbocycles. The summed E-state index contributed by atoms with van der Waals surface area (Å²) in [4.78, 5) is 20.7. The molecular formula is C25H30F2N8O3. The third-order valence-corrected chi connectivity index (χ3v) is 6.02. The van der Waals surface area contributed by atoms with Gasteiger partial charge in [0.05, 0.1) is 23.5 Å². The van der Waals surface area contributed by atoms with Crippen LogP contribution in [0.25, 0.3) is 22.8 Å². The summed E-state index contributed by atoms with van der Waals surface area (Å²) in [7, 11) is 0. The van der Waals surface area contributed by atoms with Gasteiger partial charge in [0, 0.05) is 31.6 Å². The van der Waals surface area contributed by atoms with E-state index in [0.29, 0.717) is 5.56 Å². The third-order valence-electron chi connectivity index (χ3n) is 6.02. The van der Waals surface area contributed by atoms with Gasteiger partial charge in [0.15, 0.2) is 11.5 Å². The standard InChI is InChI=1S/C21H20F2N8O2.C4H10O/c22-14-5-6-17(23)29-18(14)19-15(9-31(30-19)13-3-1-12(24)2-4-13)27-20(32)16-10-33-21(28-16)11-7-25-26-8-11;1-3-5-4-2/h5-10,12-13H,1-4,24H2,(H,25,26)(H,27,32);3-4H2,1-2H3. The zero-order chi connectivity index (χ0) is 27.1. The number of rotatable bonds is 7. The number of pyridine rings is 1. The summed E-state index contributed by atoms with van der Waals surface area (Å²) < 4.78 is 40.1. The van der Waals surface area contributed by atoms with Crippen molar-refractivity contribution in [2.45, 2.75) is 51.6 Å². The molecule has 4 aromatic rings. The van der Waals surface area contributed by atoms with Crippen molar-refractivity contribution in [1.82, 2.24) is 29.9 Å². The van der Waals surface area contributed by atoms with Crippen LogP contribution < -0.4 is 11.1 Å². The zero-order valence-corrected chi connectivity index (χ0v) is 21.2. The maximum Gasteiger partial charge on any atom is 0.277 e. The number of aromatic nitrogens is 6. The fourth-order valence-electron chi connectivity index (χ4n) is 4.06. The Hall–Kier alpha value is -3.97. The second kappa shape index (κ2) is 12.5. The molecule has 202 valence electrons. The number of ether oxygens (including phenoxy) is 1. The smallest absolute Gasteiger partial charge is 0.277 e. The molecule has 0 saturated heterocycles. The molecule has 4 N–H and O–H groups in total. The molecule has 1 aliphatic rings. The quantitative estimate of drug-likeness (QED) is 0.300. The number of H-pyrrole nitrogens is 1. The molecular weight excluding hydrogens is 498 g/mol. The molecule has 0 spiro atoms. The van der Waals surface area contributed by atoms with Crippen LogP contribution in [0.15, 0.2) is 41.4 Å². The van der Waals surface area contributed by atoms with Gasteiger partial charge in [-0.05, 0) is 51.7 Å². The van der Waals surface area contributed by atoms with E-state index in [1.54, 1.807) is 17.1 Å². The van der Waals surface area contributed by atoms with Crippen molar-refractivity contribution in [3.8, 4) is 22.8 Å². The minimum atomic E-state index is -0.858. The van der Waals surface area contributed by atoms with Gasteiger partial charge in [0.2, 0.25) is 11.8 Å². The lowest BCUT2D eigenvalue weighted by atomic mass is 9.92. The Kier molecular flexibility index (Phi) is 8.92. The van der Waals surface area contributed by atoms with E-state index in [0.717, 1.165) is 51.0 Å². The number of hydrogen-bond donors (Lipinski definition) is 3. The van der Waals surface area contributed by atoms with Gasteiger partial charge in [-0.3, -0.25) is 14.6 Å². The number of nitrogens with zero attached hydrogens (tertiary/aromatic N) is 5. The molecule has 1 aliphatic carbocycles. The minimum absolute atomic E-state index is 0.00112. The van der Waals surface area contributed by atoms with Crippen LogP contribution in [0.5, 0.6) is 0 Å². The summed E-state index contributed by atoms with van der Waals surface area (Å²) in [5.41, 5.74) is 6.48. The number of amides is 1. The molecule has 5 rings (SSSR count). The van der Waals surface area contributed by atoms with Crippen LogP contribution in [0.2, 0.25) is 0 Å². The highest BCUT2D eigenvalue weighted by molar-refractivity contribution is 6.04. The normalized spacial score (nSPS) is 17.1. The first kappa shape index (κ1) is 27.1. The number of carbonyl (C=O) groups is 1. The molecule has 1 amide bonds. The Labute approximate surface area is 217 Å². The first-order chi connectivity index (χ1) is 18.4. The van der Waals surface area contributed by atoms with E-state index in [4.69, 9.17) is 14.9 Å². The van der Waals surface area contributed by atoms with Crippen LogP contribution in [0.3, 0.4) is 0 Å². The highest BCUT2D eigenvalue weighted by Crippen LogP contribution is 2.33. The fraction of sp³-hybridized carbons (Fsp3) is 0.400. The van der Waals surface area contributed by atoms with Crippen molar-refractivity contribution >= 4 is 11.6 Å². The summed E-state index contributed by atoms with van der Waals surface area (Å²) in [5.74, 6) is -2.01. The summed E-state index contributed by atoms with van der Waals surface area (Å²) in [5, 5.41) is 13.6. The summed E-state index contributed by atoms with van der Waals surface area (Å²) in [6.07, 6.45) is 9.09. The SMILES string of the molecule is CCOCC.NC1CCC(n2cc(NC(=O)c3coc(-c4cn[nH]c4)n3)c(-c3nc(F)ccc3F)n2)CC1. The van der Waals surface area contributed by atoms with Gasteiger partial charge in [-0.25, -0.2) is 14.4 Å². The maximum atomic E-state index is 14.5. The van der Waals surface area contributed by atoms with Gasteiger partial charge >= 0.3 is 0 Å². The molecule has 4 aromatic heterocycles. The highest BCUT2D eigenvalue weighted by Gasteiger charge is 2.26. The topological polar surface area (TPSA) is 150 Å². The van der Waals surface area contributed by atoms with Gasteiger partial charge in [0.1, 0.15) is 17.7 Å².